The number of aromatic nitrogens is 4. The fraction of sp³-hybridized carbons (Fsp3) is 0.350. The van der Waals surface area contributed by atoms with E-state index in [1.54, 1.807) is 10.6 Å². The summed E-state index contributed by atoms with van der Waals surface area (Å²) in [5.74, 6) is 1.09. The van der Waals surface area contributed by atoms with Crippen molar-refractivity contribution in [1.29, 1.82) is 0 Å². The van der Waals surface area contributed by atoms with E-state index in [0.717, 1.165) is 42.9 Å². The molecule has 0 amide bonds. The normalized spacial score (nSPS) is 14.3. The molecule has 8 heteroatoms. The van der Waals surface area contributed by atoms with Crippen molar-refractivity contribution in [3.63, 3.8) is 0 Å². The van der Waals surface area contributed by atoms with E-state index in [1.165, 1.54) is 6.21 Å². The summed E-state index contributed by atoms with van der Waals surface area (Å²) >= 11 is 0. The molecule has 1 aliphatic heterocycles. The molecule has 28 heavy (non-hydrogen) atoms. The van der Waals surface area contributed by atoms with Crippen molar-refractivity contribution < 1.29 is 0 Å². The summed E-state index contributed by atoms with van der Waals surface area (Å²) in [5, 5.41) is 4.24. The van der Waals surface area contributed by atoms with Gasteiger partial charge in [0.05, 0.1) is 6.21 Å². The van der Waals surface area contributed by atoms with Gasteiger partial charge in [-0.1, -0.05) is 6.07 Å². The Hall–Kier alpha value is -3.29. The summed E-state index contributed by atoms with van der Waals surface area (Å²) in [6.45, 7) is 7.54. The van der Waals surface area contributed by atoms with Crippen LogP contribution in [0.25, 0.3) is 5.65 Å². The van der Waals surface area contributed by atoms with Crippen LogP contribution in [0.4, 0.5) is 11.8 Å². The van der Waals surface area contributed by atoms with Crippen LogP contribution in [0.15, 0.2) is 34.3 Å². The van der Waals surface area contributed by atoms with Crippen LogP contribution < -0.4 is 15.9 Å². The van der Waals surface area contributed by atoms with Gasteiger partial charge in [0.15, 0.2) is 0 Å². The Balaban J connectivity index is 1.77. The molecule has 1 saturated heterocycles. The SMILES string of the molecule is Cc1cc(C)nc(N/N=C/c2c(N3CCCC3)nc3c(C)cccn3c2=O)n1. The third-order valence-electron chi connectivity index (χ3n) is 4.81. The topological polar surface area (TPSA) is 87.8 Å². The monoisotopic (exact) mass is 377 g/mol. The molecule has 0 spiro atoms. The van der Waals surface area contributed by atoms with Crippen molar-refractivity contribution in [3.05, 3.63) is 57.3 Å². The Bertz CT molecular complexity index is 1090. The number of hydrogen-bond donors (Lipinski definition) is 1. The van der Waals surface area contributed by atoms with E-state index in [1.807, 2.05) is 39.0 Å². The van der Waals surface area contributed by atoms with Crippen LogP contribution in [0.5, 0.6) is 0 Å². The summed E-state index contributed by atoms with van der Waals surface area (Å²) in [4.78, 5) is 28.7. The lowest BCUT2D eigenvalue weighted by Gasteiger charge is -2.19. The zero-order chi connectivity index (χ0) is 19.7. The minimum Gasteiger partial charge on any atom is -0.356 e. The molecule has 3 aromatic heterocycles. The first-order valence-electron chi connectivity index (χ1n) is 9.41. The third-order valence-corrected chi connectivity index (χ3v) is 4.81. The highest BCUT2D eigenvalue weighted by Crippen LogP contribution is 2.21. The van der Waals surface area contributed by atoms with Crippen molar-refractivity contribution >= 4 is 23.6 Å². The number of nitrogens with one attached hydrogen (secondary N) is 1. The lowest BCUT2D eigenvalue weighted by atomic mass is 10.2. The van der Waals surface area contributed by atoms with Crippen LogP contribution in [-0.4, -0.2) is 38.7 Å². The van der Waals surface area contributed by atoms with E-state index in [2.05, 4.69) is 25.4 Å². The number of pyridine rings is 1. The smallest absolute Gasteiger partial charge is 0.268 e. The molecule has 144 valence electrons. The van der Waals surface area contributed by atoms with Crippen LogP contribution in [0.1, 0.15) is 35.4 Å². The molecule has 4 heterocycles. The Labute approximate surface area is 163 Å². The molecule has 0 saturated carbocycles. The van der Waals surface area contributed by atoms with E-state index >= 15 is 0 Å². The van der Waals surface area contributed by atoms with Gasteiger partial charge in [-0.2, -0.15) is 5.10 Å². The molecule has 0 radical (unpaired) electrons. The number of hydrogen-bond acceptors (Lipinski definition) is 7. The Morgan fingerprint density at radius 3 is 2.54 bits per heavy atom. The van der Waals surface area contributed by atoms with E-state index in [4.69, 9.17) is 4.98 Å². The van der Waals surface area contributed by atoms with Crippen molar-refractivity contribution in [2.75, 3.05) is 23.4 Å². The van der Waals surface area contributed by atoms with Crippen LogP contribution in [0, 0.1) is 20.8 Å². The molecule has 4 rings (SSSR count). The maximum atomic E-state index is 13.2. The zero-order valence-electron chi connectivity index (χ0n) is 16.3. The van der Waals surface area contributed by atoms with Gasteiger partial charge in [0.2, 0.25) is 5.95 Å². The largest absolute Gasteiger partial charge is 0.356 e. The second kappa shape index (κ2) is 7.38. The molecule has 1 N–H and O–H groups in total. The molecule has 0 aliphatic carbocycles. The summed E-state index contributed by atoms with van der Waals surface area (Å²) in [5.41, 5.74) is 6.50. The molecule has 0 atom stereocenters. The highest BCUT2D eigenvalue weighted by Gasteiger charge is 2.20. The number of fused-ring (bicyclic) bond motifs is 1. The molecule has 1 fully saturated rings. The predicted molar refractivity (Wildman–Crippen MR) is 110 cm³/mol. The van der Waals surface area contributed by atoms with Crippen molar-refractivity contribution in [3.8, 4) is 0 Å². The summed E-state index contributed by atoms with van der Waals surface area (Å²) < 4.78 is 1.57. The quantitative estimate of drug-likeness (QED) is 0.555. The molecule has 3 aromatic rings. The summed E-state index contributed by atoms with van der Waals surface area (Å²) in [6, 6.07) is 5.70. The van der Waals surface area contributed by atoms with Gasteiger partial charge in [-0.3, -0.25) is 9.20 Å². The fourth-order valence-corrected chi connectivity index (χ4v) is 3.51. The summed E-state index contributed by atoms with van der Waals surface area (Å²) in [7, 11) is 0. The maximum absolute atomic E-state index is 13.2. The first-order valence-corrected chi connectivity index (χ1v) is 9.41. The number of anilines is 2. The van der Waals surface area contributed by atoms with E-state index < -0.39 is 0 Å². The molecule has 8 nitrogen and oxygen atoms in total. The van der Waals surface area contributed by atoms with Crippen LogP contribution in [0.2, 0.25) is 0 Å². The predicted octanol–water partition coefficient (Wildman–Crippen LogP) is 2.46. The molecule has 0 unspecified atom stereocenters. The van der Waals surface area contributed by atoms with Crippen molar-refractivity contribution in [2.45, 2.75) is 33.6 Å². The van der Waals surface area contributed by atoms with Crippen molar-refractivity contribution in [1.82, 2.24) is 19.4 Å². The number of nitrogens with zero attached hydrogens (tertiary/aromatic N) is 6. The number of hydrazone groups is 1. The second-order valence-electron chi connectivity index (χ2n) is 7.08. The average Bonchev–Trinajstić information content (AvgIpc) is 3.18. The summed E-state index contributed by atoms with van der Waals surface area (Å²) in [6.07, 6.45) is 5.46. The van der Waals surface area contributed by atoms with Gasteiger partial charge in [0, 0.05) is 30.7 Å². The molecule has 0 aromatic carbocycles. The molecule has 0 bridgehead atoms. The highest BCUT2D eigenvalue weighted by molar-refractivity contribution is 5.87. The van der Waals surface area contributed by atoms with Crippen LogP contribution >= 0.6 is 0 Å². The third kappa shape index (κ3) is 3.45. The van der Waals surface area contributed by atoms with E-state index in [0.29, 0.717) is 23.0 Å². The number of aryl methyl sites for hydroxylation is 3. The minimum absolute atomic E-state index is 0.137. The van der Waals surface area contributed by atoms with E-state index in [9.17, 15) is 4.79 Å². The Morgan fingerprint density at radius 2 is 1.82 bits per heavy atom. The van der Waals surface area contributed by atoms with E-state index in [-0.39, 0.29) is 5.56 Å². The first kappa shape index (κ1) is 18.1. The maximum Gasteiger partial charge on any atom is 0.268 e. The van der Waals surface area contributed by atoms with Crippen LogP contribution in [0.3, 0.4) is 0 Å². The standard InChI is InChI=1S/C20H23N7O/c1-13-7-6-10-27-17(13)24-18(26-8-4-5-9-26)16(19(27)28)12-21-25-20-22-14(2)11-15(3)23-20/h6-7,10-12H,4-5,8-9H2,1-3H3,(H,22,23,25)/b21-12+. The Morgan fingerprint density at radius 1 is 1.11 bits per heavy atom. The molecular formula is C20H23N7O. The lowest BCUT2D eigenvalue weighted by molar-refractivity contribution is 0.913. The zero-order valence-corrected chi connectivity index (χ0v) is 16.3. The van der Waals surface area contributed by atoms with Gasteiger partial charge >= 0.3 is 0 Å². The van der Waals surface area contributed by atoms with Gasteiger partial charge in [0.25, 0.3) is 5.56 Å². The second-order valence-corrected chi connectivity index (χ2v) is 7.08. The van der Waals surface area contributed by atoms with Gasteiger partial charge in [-0.05, 0) is 51.3 Å². The lowest BCUT2D eigenvalue weighted by Crippen LogP contribution is -2.28. The molecular weight excluding hydrogens is 354 g/mol. The molecule has 1 aliphatic rings. The fourth-order valence-electron chi connectivity index (χ4n) is 3.51. The minimum atomic E-state index is -0.137. The average molecular weight is 377 g/mol. The first-order chi connectivity index (χ1) is 13.5. The van der Waals surface area contributed by atoms with Gasteiger partial charge in [-0.25, -0.2) is 20.4 Å². The van der Waals surface area contributed by atoms with Crippen LogP contribution in [-0.2, 0) is 0 Å². The highest BCUT2D eigenvalue weighted by atomic mass is 16.1. The number of rotatable bonds is 4. The van der Waals surface area contributed by atoms with Gasteiger partial charge < -0.3 is 4.90 Å². The van der Waals surface area contributed by atoms with Gasteiger partial charge in [0.1, 0.15) is 17.0 Å². The Kier molecular flexibility index (Phi) is 4.77. The van der Waals surface area contributed by atoms with Crippen molar-refractivity contribution in [2.24, 2.45) is 5.10 Å². The van der Waals surface area contributed by atoms with Gasteiger partial charge in [-0.15, -0.1) is 0 Å².